The van der Waals surface area contributed by atoms with Gasteiger partial charge >= 0.3 is 0 Å². The molecule has 0 spiro atoms. The average molecular weight is 181 g/mol. The van der Waals surface area contributed by atoms with E-state index in [0.717, 1.165) is 4.77 Å². The molecule has 64 valence electrons. The first-order valence-electron chi connectivity index (χ1n) is 4.53. The number of H-pyrrole nitrogens is 1. The van der Waals surface area contributed by atoms with Gasteiger partial charge in [0.25, 0.3) is 0 Å². The van der Waals surface area contributed by atoms with Gasteiger partial charge in [-0.15, -0.1) is 0 Å². The van der Waals surface area contributed by atoms with Gasteiger partial charge in [-0.2, -0.15) is 5.10 Å². The van der Waals surface area contributed by atoms with Gasteiger partial charge in [-0.1, -0.05) is 0 Å². The molecule has 1 aromatic heterocycles. The summed E-state index contributed by atoms with van der Waals surface area (Å²) in [5.41, 5.74) is 0. The summed E-state index contributed by atoms with van der Waals surface area (Å²) in [5.74, 6) is 1.92. The maximum atomic E-state index is 5.18. The lowest BCUT2D eigenvalue weighted by molar-refractivity contribution is 0.675. The van der Waals surface area contributed by atoms with E-state index in [9.17, 15) is 0 Å². The molecule has 0 aliphatic heterocycles. The summed E-state index contributed by atoms with van der Waals surface area (Å²) in [5, 5.41) is 7.18. The summed E-state index contributed by atoms with van der Waals surface area (Å²) in [6.45, 7) is 0. The van der Waals surface area contributed by atoms with E-state index in [4.69, 9.17) is 12.2 Å². The molecule has 0 unspecified atom stereocenters. The zero-order chi connectivity index (χ0) is 8.13. The highest BCUT2D eigenvalue weighted by molar-refractivity contribution is 7.71. The molecule has 0 aromatic carbocycles. The van der Waals surface area contributed by atoms with Gasteiger partial charge in [0.1, 0.15) is 5.82 Å². The van der Waals surface area contributed by atoms with Crippen molar-refractivity contribution >= 4 is 12.2 Å². The molecule has 2 aliphatic rings. The van der Waals surface area contributed by atoms with Crippen molar-refractivity contribution in [3.05, 3.63) is 10.6 Å². The maximum absolute atomic E-state index is 5.18. The van der Waals surface area contributed by atoms with Gasteiger partial charge in [0.15, 0.2) is 4.77 Å². The van der Waals surface area contributed by atoms with Gasteiger partial charge in [0.05, 0.1) is 0 Å². The summed E-state index contributed by atoms with van der Waals surface area (Å²) in [7, 11) is 0. The molecule has 3 nitrogen and oxygen atoms in total. The van der Waals surface area contributed by atoms with Crippen molar-refractivity contribution in [1.29, 1.82) is 0 Å². The molecule has 1 N–H and O–H groups in total. The topological polar surface area (TPSA) is 33.6 Å². The zero-order valence-electron chi connectivity index (χ0n) is 6.79. The number of aromatic amines is 1. The van der Waals surface area contributed by atoms with Crippen LogP contribution in [0.5, 0.6) is 0 Å². The highest BCUT2D eigenvalue weighted by atomic mass is 32.1. The van der Waals surface area contributed by atoms with E-state index in [0.29, 0.717) is 12.0 Å². The van der Waals surface area contributed by atoms with Crippen LogP contribution in [0.2, 0.25) is 0 Å². The van der Waals surface area contributed by atoms with Crippen molar-refractivity contribution in [3.8, 4) is 0 Å². The van der Waals surface area contributed by atoms with Crippen LogP contribution in [0.1, 0.15) is 43.5 Å². The van der Waals surface area contributed by atoms with E-state index in [1.165, 1.54) is 31.5 Å². The molecule has 0 radical (unpaired) electrons. The Labute approximate surface area is 75.8 Å². The second kappa shape index (κ2) is 2.19. The van der Waals surface area contributed by atoms with Gasteiger partial charge in [0, 0.05) is 12.0 Å². The summed E-state index contributed by atoms with van der Waals surface area (Å²) >= 11 is 5.18. The highest BCUT2D eigenvalue weighted by Gasteiger charge is 2.34. The van der Waals surface area contributed by atoms with Gasteiger partial charge in [-0.05, 0) is 37.9 Å². The quantitative estimate of drug-likeness (QED) is 0.709. The smallest absolute Gasteiger partial charge is 0.195 e. The fourth-order valence-electron chi connectivity index (χ4n) is 1.63. The van der Waals surface area contributed by atoms with Crippen LogP contribution in [0, 0.1) is 4.77 Å². The third-order valence-corrected chi connectivity index (χ3v) is 2.87. The van der Waals surface area contributed by atoms with Crippen LogP contribution >= 0.6 is 12.2 Å². The standard InChI is InChI=1S/C8H11N3S/c12-8-10-9-7(5-1-2-5)11(8)6-3-4-6/h5-6H,1-4H2,(H,10,12). The monoisotopic (exact) mass is 181 g/mol. The van der Waals surface area contributed by atoms with Crippen LogP contribution in [0.15, 0.2) is 0 Å². The molecule has 1 heterocycles. The molecule has 4 heteroatoms. The molecule has 12 heavy (non-hydrogen) atoms. The van der Waals surface area contributed by atoms with Crippen molar-refractivity contribution in [2.75, 3.05) is 0 Å². The van der Waals surface area contributed by atoms with Crippen molar-refractivity contribution < 1.29 is 0 Å². The Morgan fingerprint density at radius 1 is 1.33 bits per heavy atom. The number of rotatable bonds is 2. The Kier molecular flexibility index (Phi) is 1.25. The van der Waals surface area contributed by atoms with Crippen LogP contribution in [-0.4, -0.2) is 14.8 Å². The molecule has 0 amide bonds. The Balaban J connectivity index is 2.10. The maximum Gasteiger partial charge on any atom is 0.195 e. The molecule has 0 bridgehead atoms. The fraction of sp³-hybridized carbons (Fsp3) is 0.750. The van der Waals surface area contributed by atoms with E-state index < -0.39 is 0 Å². The first-order valence-corrected chi connectivity index (χ1v) is 4.94. The number of nitrogens with one attached hydrogen (secondary N) is 1. The molecule has 3 rings (SSSR count). The minimum absolute atomic E-state index is 0.673. The number of nitrogens with zero attached hydrogens (tertiary/aromatic N) is 2. The van der Waals surface area contributed by atoms with E-state index >= 15 is 0 Å². The minimum atomic E-state index is 0.673. The Hall–Kier alpha value is -0.640. The fourth-order valence-corrected chi connectivity index (χ4v) is 1.92. The van der Waals surface area contributed by atoms with E-state index in [1.807, 2.05) is 0 Å². The van der Waals surface area contributed by atoms with Crippen LogP contribution in [0.4, 0.5) is 0 Å². The minimum Gasteiger partial charge on any atom is -0.301 e. The number of hydrogen-bond acceptors (Lipinski definition) is 2. The second-order valence-corrected chi connectivity index (χ2v) is 4.15. The summed E-state index contributed by atoms with van der Waals surface area (Å²) in [6, 6.07) is 0.673. The first-order chi connectivity index (χ1) is 5.86. The highest BCUT2D eigenvalue weighted by Crippen LogP contribution is 2.43. The SMILES string of the molecule is S=c1[nH]nc(C2CC2)n1C1CC1. The molecule has 2 aliphatic carbocycles. The molecule has 0 saturated heterocycles. The van der Waals surface area contributed by atoms with Crippen molar-refractivity contribution in [2.24, 2.45) is 0 Å². The third-order valence-electron chi connectivity index (χ3n) is 2.59. The Bertz CT molecular complexity index is 357. The normalized spacial score (nSPS) is 23.0. The van der Waals surface area contributed by atoms with Crippen LogP contribution < -0.4 is 0 Å². The molecule has 2 saturated carbocycles. The van der Waals surface area contributed by atoms with Crippen LogP contribution in [-0.2, 0) is 0 Å². The Morgan fingerprint density at radius 3 is 2.67 bits per heavy atom. The predicted octanol–water partition coefficient (Wildman–Crippen LogP) is 2.15. The molecular weight excluding hydrogens is 170 g/mol. The average Bonchev–Trinajstić information content (AvgIpc) is 2.93. The number of aromatic nitrogens is 3. The summed E-state index contributed by atoms with van der Waals surface area (Å²) in [4.78, 5) is 0. The predicted molar refractivity (Wildman–Crippen MR) is 47.7 cm³/mol. The zero-order valence-corrected chi connectivity index (χ0v) is 7.60. The number of hydrogen-bond donors (Lipinski definition) is 1. The van der Waals surface area contributed by atoms with Crippen LogP contribution in [0.25, 0.3) is 0 Å². The summed E-state index contributed by atoms with van der Waals surface area (Å²) in [6.07, 6.45) is 5.17. The first kappa shape index (κ1) is 6.83. The second-order valence-electron chi connectivity index (χ2n) is 3.76. The summed E-state index contributed by atoms with van der Waals surface area (Å²) < 4.78 is 3.05. The van der Waals surface area contributed by atoms with E-state index in [1.54, 1.807) is 0 Å². The van der Waals surface area contributed by atoms with Crippen molar-refractivity contribution in [3.63, 3.8) is 0 Å². The van der Waals surface area contributed by atoms with Crippen LogP contribution in [0.3, 0.4) is 0 Å². The van der Waals surface area contributed by atoms with Crippen molar-refractivity contribution in [1.82, 2.24) is 14.8 Å². The van der Waals surface area contributed by atoms with E-state index in [-0.39, 0.29) is 0 Å². The lowest BCUT2D eigenvalue weighted by atomic mass is 10.4. The molecular formula is C8H11N3S. The van der Waals surface area contributed by atoms with Gasteiger partial charge in [-0.3, -0.25) is 5.10 Å². The Morgan fingerprint density at radius 2 is 2.08 bits per heavy atom. The van der Waals surface area contributed by atoms with Gasteiger partial charge in [-0.25, -0.2) is 0 Å². The largest absolute Gasteiger partial charge is 0.301 e. The molecule has 2 fully saturated rings. The lowest BCUT2D eigenvalue weighted by Gasteiger charge is -2.01. The molecule has 0 atom stereocenters. The van der Waals surface area contributed by atoms with E-state index in [2.05, 4.69) is 14.8 Å². The molecule has 1 aromatic rings. The van der Waals surface area contributed by atoms with Gasteiger partial charge in [0.2, 0.25) is 0 Å². The van der Waals surface area contributed by atoms with Gasteiger partial charge < -0.3 is 4.57 Å². The van der Waals surface area contributed by atoms with Crippen molar-refractivity contribution in [2.45, 2.75) is 37.6 Å². The lowest BCUT2D eigenvalue weighted by Crippen LogP contribution is -1.99. The third kappa shape index (κ3) is 0.941.